The molecule has 1 fully saturated rings. The second kappa shape index (κ2) is 8.05. The van der Waals surface area contributed by atoms with E-state index in [-0.39, 0.29) is 17.6 Å². The number of anilines is 1. The van der Waals surface area contributed by atoms with Crippen LogP contribution in [0.4, 0.5) is 5.95 Å². The summed E-state index contributed by atoms with van der Waals surface area (Å²) >= 11 is 5.95. The minimum absolute atomic E-state index is 0.0955. The molecule has 1 unspecified atom stereocenters. The average molecular weight is 339 g/mol. The standard InChI is InChI=1S/C10H9ClN4O.C5H10O2/c1-15-5-6(2-3-8(15)16)9-7(11)4-13-10(12)14-9;6-5-2-1-3-7-4-5/h2-5H,1H3,(H2,12,13,14);5-6H,1-4H2. The summed E-state index contributed by atoms with van der Waals surface area (Å²) in [5.74, 6) is 0.147. The molecule has 0 aliphatic carbocycles. The van der Waals surface area contributed by atoms with Gasteiger partial charge in [0, 0.05) is 31.5 Å². The number of aliphatic hydroxyl groups is 1. The van der Waals surface area contributed by atoms with Crippen molar-refractivity contribution in [3.63, 3.8) is 0 Å². The Balaban J connectivity index is 0.000000229. The van der Waals surface area contributed by atoms with E-state index in [0.29, 0.717) is 17.3 Å². The highest BCUT2D eigenvalue weighted by Gasteiger charge is 2.08. The quantitative estimate of drug-likeness (QED) is 0.810. The van der Waals surface area contributed by atoms with E-state index in [1.54, 1.807) is 19.3 Å². The van der Waals surface area contributed by atoms with Crippen LogP contribution in [0.25, 0.3) is 11.3 Å². The maximum atomic E-state index is 11.2. The zero-order valence-corrected chi connectivity index (χ0v) is 13.5. The molecule has 2 aromatic rings. The highest BCUT2D eigenvalue weighted by molar-refractivity contribution is 6.32. The molecule has 1 saturated heterocycles. The van der Waals surface area contributed by atoms with Crippen LogP contribution in [0, 0.1) is 0 Å². The summed E-state index contributed by atoms with van der Waals surface area (Å²) in [5, 5.41) is 9.18. The van der Waals surface area contributed by atoms with Gasteiger partial charge >= 0.3 is 0 Å². The van der Waals surface area contributed by atoms with E-state index in [1.165, 1.54) is 16.8 Å². The van der Waals surface area contributed by atoms with Gasteiger partial charge in [0.2, 0.25) is 11.5 Å². The first-order valence-corrected chi connectivity index (χ1v) is 7.56. The number of ether oxygens (including phenoxy) is 1. The Morgan fingerprint density at radius 2 is 2.26 bits per heavy atom. The summed E-state index contributed by atoms with van der Waals surface area (Å²) in [6.45, 7) is 1.37. The summed E-state index contributed by atoms with van der Waals surface area (Å²) in [5.41, 5.74) is 6.63. The summed E-state index contributed by atoms with van der Waals surface area (Å²) in [4.78, 5) is 19.0. The van der Waals surface area contributed by atoms with Crippen LogP contribution in [0.5, 0.6) is 0 Å². The van der Waals surface area contributed by atoms with Gasteiger partial charge in [0.1, 0.15) is 0 Å². The highest BCUT2D eigenvalue weighted by Crippen LogP contribution is 2.24. The molecule has 0 radical (unpaired) electrons. The minimum Gasteiger partial charge on any atom is -0.391 e. The average Bonchev–Trinajstić information content (AvgIpc) is 2.54. The van der Waals surface area contributed by atoms with Crippen molar-refractivity contribution in [1.82, 2.24) is 14.5 Å². The molecule has 2 aromatic heterocycles. The van der Waals surface area contributed by atoms with Gasteiger partial charge in [-0.2, -0.15) is 0 Å². The van der Waals surface area contributed by atoms with Crippen molar-refractivity contribution in [3.8, 4) is 11.3 Å². The molecule has 3 N–H and O–H groups in total. The molecule has 23 heavy (non-hydrogen) atoms. The van der Waals surface area contributed by atoms with Crippen LogP contribution < -0.4 is 11.3 Å². The van der Waals surface area contributed by atoms with Gasteiger partial charge in [0.25, 0.3) is 0 Å². The third-order valence-corrected chi connectivity index (χ3v) is 3.53. The number of nitrogens with zero attached hydrogens (tertiary/aromatic N) is 3. The monoisotopic (exact) mass is 338 g/mol. The van der Waals surface area contributed by atoms with Gasteiger partial charge < -0.3 is 20.1 Å². The summed E-state index contributed by atoms with van der Waals surface area (Å²) < 4.78 is 6.38. The number of pyridine rings is 1. The number of aliphatic hydroxyl groups excluding tert-OH is 1. The molecule has 3 rings (SSSR count). The smallest absolute Gasteiger partial charge is 0.250 e. The minimum atomic E-state index is -0.186. The third-order valence-electron chi connectivity index (χ3n) is 3.26. The van der Waals surface area contributed by atoms with Crippen LogP contribution in [0.1, 0.15) is 12.8 Å². The Labute approximate surface area is 138 Å². The number of nitrogen functional groups attached to an aromatic ring is 1. The van der Waals surface area contributed by atoms with Crippen molar-refractivity contribution in [2.75, 3.05) is 18.9 Å². The fourth-order valence-corrected chi connectivity index (χ4v) is 2.24. The van der Waals surface area contributed by atoms with Crippen LogP contribution in [0.15, 0.2) is 29.3 Å². The Bertz CT molecular complexity index is 714. The van der Waals surface area contributed by atoms with Crippen molar-refractivity contribution < 1.29 is 9.84 Å². The lowest BCUT2D eigenvalue weighted by Crippen LogP contribution is -2.21. The van der Waals surface area contributed by atoms with Gasteiger partial charge in [0.15, 0.2) is 0 Å². The van der Waals surface area contributed by atoms with Gasteiger partial charge in [-0.1, -0.05) is 11.6 Å². The summed E-state index contributed by atoms with van der Waals surface area (Å²) in [7, 11) is 1.66. The molecule has 0 aromatic carbocycles. The van der Waals surface area contributed by atoms with E-state index < -0.39 is 0 Å². The Morgan fingerprint density at radius 1 is 1.48 bits per heavy atom. The fourth-order valence-electron chi connectivity index (χ4n) is 2.04. The Hall–Kier alpha value is -1.96. The topological polar surface area (TPSA) is 103 Å². The van der Waals surface area contributed by atoms with E-state index in [2.05, 4.69) is 9.97 Å². The number of nitrogens with two attached hydrogens (primary N) is 1. The van der Waals surface area contributed by atoms with Crippen molar-refractivity contribution in [1.29, 1.82) is 0 Å². The largest absolute Gasteiger partial charge is 0.391 e. The third kappa shape index (κ3) is 5.02. The van der Waals surface area contributed by atoms with Crippen molar-refractivity contribution in [2.45, 2.75) is 18.9 Å². The Morgan fingerprint density at radius 3 is 2.83 bits per heavy atom. The van der Waals surface area contributed by atoms with Gasteiger partial charge in [-0.05, 0) is 18.9 Å². The van der Waals surface area contributed by atoms with Crippen molar-refractivity contribution >= 4 is 17.5 Å². The molecular formula is C15H19ClN4O3. The van der Waals surface area contributed by atoms with Crippen molar-refractivity contribution in [2.24, 2.45) is 7.05 Å². The summed E-state index contributed by atoms with van der Waals surface area (Å²) in [6, 6.07) is 3.10. The number of rotatable bonds is 1. The molecule has 0 spiro atoms. The van der Waals surface area contributed by atoms with Crippen molar-refractivity contribution in [3.05, 3.63) is 39.9 Å². The zero-order chi connectivity index (χ0) is 16.8. The molecular weight excluding hydrogens is 320 g/mol. The first kappa shape index (κ1) is 17.4. The highest BCUT2D eigenvalue weighted by atomic mass is 35.5. The molecule has 124 valence electrons. The first-order chi connectivity index (χ1) is 11.0. The second-order valence-corrected chi connectivity index (χ2v) is 5.57. The molecule has 0 saturated carbocycles. The SMILES string of the molecule is Cn1cc(-c2nc(N)ncc2Cl)ccc1=O.OC1CCCOC1. The molecule has 0 amide bonds. The lowest BCUT2D eigenvalue weighted by atomic mass is 10.2. The van der Waals surface area contributed by atoms with Crippen LogP contribution in [-0.4, -0.2) is 39.0 Å². The lowest BCUT2D eigenvalue weighted by molar-refractivity contribution is -0.00535. The van der Waals surface area contributed by atoms with Gasteiger partial charge in [0.05, 0.1) is 29.6 Å². The molecule has 1 aliphatic heterocycles. The summed E-state index contributed by atoms with van der Waals surface area (Å²) in [6.07, 6.45) is 4.83. The van der Waals surface area contributed by atoms with E-state index in [0.717, 1.165) is 25.0 Å². The number of hydrogen-bond acceptors (Lipinski definition) is 6. The maximum absolute atomic E-state index is 11.2. The van der Waals surface area contributed by atoms with Crippen LogP contribution in [0.3, 0.4) is 0 Å². The van der Waals surface area contributed by atoms with Gasteiger partial charge in [-0.15, -0.1) is 0 Å². The van der Waals surface area contributed by atoms with Crippen LogP contribution in [-0.2, 0) is 11.8 Å². The Kier molecular flexibility index (Phi) is 6.09. The van der Waals surface area contributed by atoms with Crippen LogP contribution >= 0.6 is 11.6 Å². The van der Waals surface area contributed by atoms with Gasteiger partial charge in [-0.25, -0.2) is 9.97 Å². The second-order valence-electron chi connectivity index (χ2n) is 5.16. The number of hydrogen-bond donors (Lipinski definition) is 2. The predicted molar refractivity (Wildman–Crippen MR) is 88.2 cm³/mol. The normalized spacial score (nSPS) is 17.3. The first-order valence-electron chi connectivity index (χ1n) is 7.18. The molecule has 3 heterocycles. The molecule has 1 atom stereocenters. The maximum Gasteiger partial charge on any atom is 0.250 e. The number of aryl methyl sites for hydroxylation is 1. The number of aromatic nitrogens is 3. The zero-order valence-electron chi connectivity index (χ0n) is 12.8. The molecule has 8 heteroatoms. The lowest BCUT2D eigenvalue weighted by Gasteiger charge is -2.15. The van der Waals surface area contributed by atoms with E-state index in [1.807, 2.05) is 0 Å². The predicted octanol–water partition coefficient (Wildman–Crippen LogP) is 1.24. The molecule has 1 aliphatic rings. The fraction of sp³-hybridized carbons (Fsp3) is 0.400. The number of halogens is 1. The van der Waals surface area contributed by atoms with E-state index >= 15 is 0 Å². The van der Waals surface area contributed by atoms with E-state index in [9.17, 15) is 4.79 Å². The van der Waals surface area contributed by atoms with Crippen LogP contribution in [0.2, 0.25) is 5.02 Å². The molecule has 7 nitrogen and oxygen atoms in total. The van der Waals surface area contributed by atoms with E-state index in [4.69, 9.17) is 27.2 Å². The molecule has 0 bridgehead atoms. The van der Waals surface area contributed by atoms with Gasteiger partial charge in [-0.3, -0.25) is 4.79 Å².